The van der Waals surface area contributed by atoms with Crippen molar-refractivity contribution in [3.8, 4) is 0 Å². The lowest BCUT2D eigenvalue weighted by Gasteiger charge is -2.30. The van der Waals surface area contributed by atoms with E-state index < -0.39 is 16.0 Å². The number of aryl methyl sites for hydroxylation is 1. The predicted octanol–water partition coefficient (Wildman–Crippen LogP) is 1.25. The quantitative estimate of drug-likeness (QED) is 0.781. The minimum Gasteiger partial charge on any atom is -0.463 e. The van der Waals surface area contributed by atoms with Gasteiger partial charge in [-0.3, -0.25) is 0 Å². The first-order valence-electron chi connectivity index (χ1n) is 7.79. The number of carbonyl (C=O) groups excluding carboxylic acids is 1. The van der Waals surface area contributed by atoms with E-state index in [-0.39, 0.29) is 10.7 Å². The van der Waals surface area contributed by atoms with Crippen LogP contribution in [0.1, 0.15) is 36.1 Å². The van der Waals surface area contributed by atoms with Gasteiger partial charge in [0, 0.05) is 25.6 Å². The van der Waals surface area contributed by atoms with Gasteiger partial charge < -0.3 is 14.5 Å². The molecule has 0 saturated carbocycles. The molecule has 130 valence electrons. The summed E-state index contributed by atoms with van der Waals surface area (Å²) < 4.78 is 37.1. The average Bonchev–Trinajstić information content (AvgIpc) is 3.00. The number of carbonyl (C=O) groups is 1. The van der Waals surface area contributed by atoms with Crippen molar-refractivity contribution in [1.29, 1.82) is 0 Å². The molecule has 0 spiro atoms. The summed E-state index contributed by atoms with van der Waals surface area (Å²) in [4.78, 5) is 11.7. The number of esters is 1. The van der Waals surface area contributed by atoms with Crippen molar-refractivity contribution in [3.63, 3.8) is 0 Å². The molecule has 1 fully saturated rings. The first kappa shape index (κ1) is 18.0. The van der Waals surface area contributed by atoms with E-state index in [4.69, 9.17) is 4.42 Å². The maximum absolute atomic E-state index is 12.9. The monoisotopic (exact) mass is 344 g/mol. The van der Waals surface area contributed by atoms with Crippen LogP contribution in [0.4, 0.5) is 0 Å². The van der Waals surface area contributed by atoms with Crippen molar-refractivity contribution in [3.05, 3.63) is 17.6 Å². The number of furan rings is 1. The van der Waals surface area contributed by atoms with Crippen LogP contribution in [-0.2, 0) is 21.2 Å². The third-order valence-corrected chi connectivity index (χ3v) is 6.11. The molecule has 1 aliphatic rings. The zero-order valence-electron chi connectivity index (χ0n) is 13.8. The molecule has 2 rings (SSSR count). The summed E-state index contributed by atoms with van der Waals surface area (Å²) in [7, 11) is -0.520. The highest BCUT2D eigenvalue weighted by Crippen LogP contribution is 2.28. The van der Waals surface area contributed by atoms with Crippen molar-refractivity contribution in [2.45, 2.75) is 31.1 Å². The van der Waals surface area contributed by atoms with Crippen molar-refractivity contribution < 1.29 is 22.4 Å². The van der Waals surface area contributed by atoms with E-state index in [1.165, 1.54) is 17.5 Å². The first-order valence-corrected chi connectivity index (χ1v) is 9.23. The summed E-state index contributed by atoms with van der Waals surface area (Å²) in [6.07, 6.45) is 2.04. The van der Waals surface area contributed by atoms with E-state index >= 15 is 0 Å². The topological polar surface area (TPSA) is 88.8 Å². The van der Waals surface area contributed by atoms with Gasteiger partial charge in [0.15, 0.2) is 0 Å². The zero-order valence-corrected chi connectivity index (χ0v) is 14.6. The lowest BCUT2D eigenvalue weighted by atomic mass is 9.98. The van der Waals surface area contributed by atoms with Crippen molar-refractivity contribution in [2.24, 2.45) is 5.92 Å². The number of sulfonamides is 1. The Bertz CT molecular complexity index is 645. The zero-order chi connectivity index (χ0) is 17.0. The lowest BCUT2D eigenvalue weighted by molar-refractivity contribution is 0.0563. The van der Waals surface area contributed by atoms with Crippen LogP contribution in [0.15, 0.2) is 15.4 Å². The normalized spacial score (nSPS) is 17.3. The van der Waals surface area contributed by atoms with E-state index in [0.29, 0.717) is 31.2 Å². The smallest absolute Gasteiger partial charge is 0.373 e. The number of hydrogen-bond donors (Lipinski definition) is 1. The number of hydrogen-bond acceptors (Lipinski definition) is 6. The molecule has 0 radical (unpaired) electrons. The molecule has 8 heteroatoms. The number of piperidine rings is 1. The van der Waals surface area contributed by atoms with Gasteiger partial charge in [-0.2, -0.15) is 4.31 Å². The second-order valence-electron chi connectivity index (χ2n) is 5.65. The molecule has 7 nitrogen and oxygen atoms in total. The molecule has 0 amide bonds. The van der Waals surface area contributed by atoms with E-state index in [1.54, 1.807) is 6.92 Å². The highest BCUT2D eigenvalue weighted by molar-refractivity contribution is 7.89. The highest BCUT2D eigenvalue weighted by Gasteiger charge is 2.33. The molecular weight excluding hydrogens is 320 g/mol. The van der Waals surface area contributed by atoms with Crippen molar-refractivity contribution >= 4 is 16.0 Å². The summed E-state index contributed by atoms with van der Waals surface area (Å²) in [5.41, 5.74) is 0. The van der Waals surface area contributed by atoms with Crippen LogP contribution < -0.4 is 5.32 Å². The summed E-state index contributed by atoms with van der Waals surface area (Å²) in [5.74, 6) is 0.0386. The van der Waals surface area contributed by atoms with Crippen LogP contribution in [0.25, 0.3) is 0 Å². The molecule has 1 aliphatic heterocycles. The van der Waals surface area contributed by atoms with Crippen LogP contribution in [0.3, 0.4) is 0 Å². The Labute approximate surface area is 137 Å². The highest BCUT2D eigenvalue weighted by atomic mass is 32.2. The van der Waals surface area contributed by atoms with Crippen LogP contribution in [-0.4, -0.2) is 52.5 Å². The van der Waals surface area contributed by atoms with Gasteiger partial charge in [-0.05, 0) is 32.4 Å². The van der Waals surface area contributed by atoms with Crippen LogP contribution in [0.5, 0.6) is 0 Å². The molecule has 23 heavy (non-hydrogen) atoms. The minimum atomic E-state index is -3.65. The Morgan fingerprint density at radius 2 is 2.09 bits per heavy atom. The summed E-state index contributed by atoms with van der Waals surface area (Å²) in [5, 5.41) is 3.13. The summed E-state index contributed by atoms with van der Waals surface area (Å²) in [6.45, 7) is 3.65. The lowest BCUT2D eigenvalue weighted by Crippen LogP contribution is -2.40. The largest absolute Gasteiger partial charge is 0.463 e. The molecule has 0 bridgehead atoms. The fourth-order valence-corrected chi connectivity index (χ4v) is 4.56. The third-order valence-electron chi connectivity index (χ3n) is 4.16. The van der Waals surface area contributed by atoms with E-state index in [9.17, 15) is 13.2 Å². The third kappa shape index (κ3) is 3.76. The van der Waals surface area contributed by atoms with Crippen LogP contribution >= 0.6 is 0 Å². The number of nitrogens with one attached hydrogen (secondary N) is 1. The number of ether oxygens (including phenoxy) is 1. The fourth-order valence-electron chi connectivity index (χ4n) is 2.86. The average molecular weight is 344 g/mol. The van der Waals surface area contributed by atoms with E-state index in [2.05, 4.69) is 10.1 Å². The number of methoxy groups -OCH3 is 1. The van der Waals surface area contributed by atoms with Gasteiger partial charge in [-0.25, -0.2) is 13.2 Å². The second-order valence-corrected chi connectivity index (χ2v) is 7.55. The second kappa shape index (κ2) is 7.46. The molecule has 0 aromatic carbocycles. The Hall–Kier alpha value is -1.38. The van der Waals surface area contributed by atoms with Gasteiger partial charge in [0.2, 0.25) is 15.8 Å². The van der Waals surface area contributed by atoms with Gasteiger partial charge >= 0.3 is 5.97 Å². The molecule has 0 unspecified atom stereocenters. The SMILES string of the molecule is CCc1oc(C(=O)OC)cc1S(=O)(=O)N1CCC(CNC)CC1. The summed E-state index contributed by atoms with van der Waals surface area (Å²) >= 11 is 0. The molecule has 0 atom stereocenters. The van der Waals surface area contributed by atoms with Crippen molar-refractivity contribution in [1.82, 2.24) is 9.62 Å². The predicted molar refractivity (Wildman–Crippen MR) is 84.8 cm³/mol. The van der Waals surface area contributed by atoms with Crippen LogP contribution in [0, 0.1) is 5.92 Å². The van der Waals surface area contributed by atoms with Gasteiger partial charge in [-0.15, -0.1) is 0 Å². The molecule has 1 saturated heterocycles. The number of rotatable bonds is 6. The standard InChI is InChI=1S/C15H24N2O5S/c1-4-12-14(9-13(22-12)15(18)21-3)23(19,20)17-7-5-11(6-8-17)10-16-2/h9,11,16H,4-8,10H2,1-3H3. The van der Waals surface area contributed by atoms with Crippen molar-refractivity contribution in [2.75, 3.05) is 33.8 Å². The molecule has 1 N–H and O–H groups in total. The minimum absolute atomic E-state index is 0.0759. The van der Waals surface area contributed by atoms with Gasteiger partial charge in [0.05, 0.1) is 7.11 Å². The Kier molecular flexibility index (Phi) is 5.83. The van der Waals surface area contributed by atoms with Gasteiger partial charge in [0.25, 0.3) is 0 Å². The summed E-state index contributed by atoms with van der Waals surface area (Å²) in [6, 6.07) is 1.28. The molecule has 0 aliphatic carbocycles. The van der Waals surface area contributed by atoms with E-state index in [1.807, 2.05) is 7.05 Å². The molecule has 1 aromatic rings. The Balaban J connectivity index is 2.23. The first-order chi connectivity index (χ1) is 10.9. The van der Waals surface area contributed by atoms with Crippen LogP contribution in [0.2, 0.25) is 0 Å². The molecular formula is C15H24N2O5S. The maximum Gasteiger partial charge on any atom is 0.373 e. The van der Waals surface area contributed by atoms with Gasteiger partial charge in [0.1, 0.15) is 10.7 Å². The maximum atomic E-state index is 12.9. The number of nitrogens with zero attached hydrogens (tertiary/aromatic N) is 1. The molecule has 2 heterocycles. The Morgan fingerprint density at radius 1 is 1.43 bits per heavy atom. The molecule has 1 aromatic heterocycles. The Morgan fingerprint density at radius 3 is 2.61 bits per heavy atom. The van der Waals surface area contributed by atoms with Gasteiger partial charge in [-0.1, -0.05) is 6.92 Å². The van der Waals surface area contributed by atoms with E-state index in [0.717, 1.165) is 19.4 Å². The fraction of sp³-hybridized carbons (Fsp3) is 0.667.